The highest BCUT2D eigenvalue weighted by atomic mass is 32.1. The van der Waals surface area contributed by atoms with Crippen molar-refractivity contribution in [2.24, 2.45) is 11.8 Å². The molecule has 0 spiro atoms. The third-order valence-corrected chi connectivity index (χ3v) is 3.84. The van der Waals surface area contributed by atoms with Gasteiger partial charge in [-0.3, -0.25) is 0 Å². The zero-order valence-corrected chi connectivity index (χ0v) is 15.7. The molecule has 0 saturated heterocycles. The van der Waals surface area contributed by atoms with Gasteiger partial charge in [0.05, 0.1) is 0 Å². The summed E-state index contributed by atoms with van der Waals surface area (Å²) in [6, 6.07) is 8.69. The number of rotatable bonds is 8. The summed E-state index contributed by atoms with van der Waals surface area (Å²) in [6.45, 7) is 13.2. The van der Waals surface area contributed by atoms with Crippen LogP contribution in [0.2, 0.25) is 0 Å². The fraction of sp³-hybridized carbons (Fsp3) is 0.632. The minimum Gasteiger partial charge on any atom is -0.349 e. The number of anilines is 1. The third-order valence-electron chi connectivity index (χ3n) is 3.48. The Morgan fingerprint density at radius 2 is 1.59 bits per heavy atom. The van der Waals surface area contributed by atoms with Gasteiger partial charge in [0.1, 0.15) is 0 Å². The van der Waals surface area contributed by atoms with Crippen molar-refractivity contribution in [2.75, 3.05) is 18.4 Å². The van der Waals surface area contributed by atoms with Crippen LogP contribution in [-0.2, 0) is 6.42 Å². The molecule has 0 aliphatic carbocycles. The van der Waals surface area contributed by atoms with Crippen LogP contribution in [0.15, 0.2) is 24.3 Å². The molecular weight excluding hydrogens is 288 g/mol. The molecule has 0 amide bonds. The molecule has 124 valence electrons. The number of thiocarbonyl (C=S) groups is 1. The monoisotopic (exact) mass is 320 g/mol. The molecule has 22 heavy (non-hydrogen) atoms. The Hall–Kier alpha value is -1.09. The summed E-state index contributed by atoms with van der Waals surface area (Å²) in [7, 11) is 0. The zero-order chi connectivity index (χ0) is 16.5. The van der Waals surface area contributed by atoms with Gasteiger partial charge >= 0.3 is 0 Å². The number of unbranched alkanes of at least 4 members (excludes halogenated alkanes) is 1. The Morgan fingerprint density at radius 1 is 1.05 bits per heavy atom. The number of aryl methyl sites for hydroxylation is 1. The predicted molar refractivity (Wildman–Crippen MR) is 103 cm³/mol. The lowest BCUT2D eigenvalue weighted by Crippen LogP contribution is -2.39. The Labute approximate surface area is 142 Å². The van der Waals surface area contributed by atoms with Crippen LogP contribution in [0.1, 0.15) is 53.0 Å². The average molecular weight is 321 g/mol. The van der Waals surface area contributed by atoms with E-state index in [9.17, 15) is 0 Å². The topological polar surface area (TPSA) is 15.3 Å². The molecule has 3 heteroatoms. The van der Waals surface area contributed by atoms with Crippen molar-refractivity contribution in [1.29, 1.82) is 0 Å². The van der Waals surface area contributed by atoms with Gasteiger partial charge < -0.3 is 10.2 Å². The quantitative estimate of drug-likeness (QED) is 0.651. The third kappa shape index (κ3) is 7.26. The number of benzene rings is 1. The van der Waals surface area contributed by atoms with Gasteiger partial charge in [0.25, 0.3) is 0 Å². The van der Waals surface area contributed by atoms with Crippen LogP contribution in [0.25, 0.3) is 0 Å². The second-order valence-electron chi connectivity index (χ2n) is 6.92. The number of hydrogen-bond donors (Lipinski definition) is 1. The van der Waals surface area contributed by atoms with Gasteiger partial charge in [0.15, 0.2) is 5.11 Å². The van der Waals surface area contributed by atoms with E-state index in [1.807, 2.05) is 0 Å². The number of nitrogens with zero attached hydrogens (tertiary/aromatic N) is 1. The molecule has 1 N–H and O–H groups in total. The van der Waals surface area contributed by atoms with E-state index >= 15 is 0 Å². The summed E-state index contributed by atoms with van der Waals surface area (Å²) in [6.07, 6.45) is 3.65. The van der Waals surface area contributed by atoms with E-state index in [0.717, 1.165) is 30.3 Å². The van der Waals surface area contributed by atoms with Crippen molar-refractivity contribution in [2.45, 2.75) is 53.9 Å². The molecule has 0 aliphatic heterocycles. The molecule has 0 bridgehead atoms. The Morgan fingerprint density at radius 3 is 2.05 bits per heavy atom. The largest absolute Gasteiger partial charge is 0.349 e. The van der Waals surface area contributed by atoms with E-state index in [0.29, 0.717) is 11.8 Å². The fourth-order valence-corrected chi connectivity index (χ4v) is 2.73. The maximum atomic E-state index is 5.61. The van der Waals surface area contributed by atoms with Gasteiger partial charge in [-0.1, -0.05) is 53.2 Å². The van der Waals surface area contributed by atoms with E-state index in [1.54, 1.807) is 0 Å². The van der Waals surface area contributed by atoms with E-state index < -0.39 is 0 Å². The Kier molecular flexibility index (Phi) is 8.47. The zero-order valence-electron chi connectivity index (χ0n) is 14.9. The first kappa shape index (κ1) is 19.0. The molecule has 0 heterocycles. The van der Waals surface area contributed by atoms with Crippen LogP contribution in [-0.4, -0.2) is 23.1 Å². The molecule has 1 rings (SSSR count). The van der Waals surface area contributed by atoms with Crippen molar-refractivity contribution >= 4 is 23.0 Å². The molecular formula is C19H32N2S. The summed E-state index contributed by atoms with van der Waals surface area (Å²) in [5.74, 6) is 1.21. The van der Waals surface area contributed by atoms with Crippen LogP contribution in [0.3, 0.4) is 0 Å². The first-order valence-electron chi connectivity index (χ1n) is 8.57. The maximum Gasteiger partial charge on any atom is 0.173 e. The van der Waals surface area contributed by atoms with E-state index in [1.165, 1.54) is 18.4 Å². The molecule has 0 aliphatic rings. The van der Waals surface area contributed by atoms with Crippen LogP contribution < -0.4 is 5.32 Å². The predicted octanol–water partition coefficient (Wildman–Crippen LogP) is 5.34. The molecule has 0 atom stereocenters. The minimum absolute atomic E-state index is 0.606. The lowest BCUT2D eigenvalue weighted by molar-refractivity contribution is 0.332. The molecule has 0 radical (unpaired) electrons. The van der Waals surface area contributed by atoms with Crippen molar-refractivity contribution < 1.29 is 0 Å². The summed E-state index contributed by atoms with van der Waals surface area (Å²) < 4.78 is 0. The second kappa shape index (κ2) is 9.83. The van der Waals surface area contributed by atoms with Crippen LogP contribution >= 0.6 is 12.2 Å². The van der Waals surface area contributed by atoms with Gasteiger partial charge in [-0.05, 0) is 54.6 Å². The maximum absolute atomic E-state index is 5.61. The SMILES string of the molecule is CCCCc1ccc(NC(=S)N(CC(C)C)CC(C)C)cc1. The number of hydrogen-bond acceptors (Lipinski definition) is 1. The molecule has 0 fully saturated rings. The molecule has 1 aromatic rings. The summed E-state index contributed by atoms with van der Waals surface area (Å²) in [5.41, 5.74) is 2.49. The summed E-state index contributed by atoms with van der Waals surface area (Å²) in [4.78, 5) is 2.29. The second-order valence-corrected chi connectivity index (χ2v) is 7.31. The highest BCUT2D eigenvalue weighted by Gasteiger charge is 2.13. The van der Waals surface area contributed by atoms with Gasteiger partial charge in [-0.2, -0.15) is 0 Å². The molecule has 0 unspecified atom stereocenters. The van der Waals surface area contributed by atoms with Crippen LogP contribution in [0.4, 0.5) is 5.69 Å². The van der Waals surface area contributed by atoms with Crippen LogP contribution in [0, 0.1) is 11.8 Å². The highest BCUT2D eigenvalue weighted by Crippen LogP contribution is 2.14. The van der Waals surface area contributed by atoms with E-state index in [-0.39, 0.29) is 0 Å². The molecule has 0 saturated carbocycles. The molecule has 2 nitrogen and oxygen atoms in total. The number of nitrogens with one attached hydrogen (secondary N) is 1. The Balaban J connectivity index is 2.63. The van der Waals surface area contributed by atoms with Gasteiger partial charge in [0.2, 0.25) is 0 Å². The molecule has 1 aromatic carbocycles. The van der Waals surface area contributed by atoms with Gasteiger partial charge in [-0.25, -0.2) is 0 Å². The first-order valence-corrected chi connectivity index (χ1v) is 8.98. The fourth-order valence-electron chi connectivity index (χ4n) is 2.46. The van der Waals surface area contributed by atoms with Gasteiger partial charge in [-0.15, -0.1) is 0 Å². The minimum atomic E-state index is 0.606. The van der Waals surface area contributed by atoms with Crippen molar-refractivity contribution in [3.8, 4) is 0 Å². The standard InChI is InChI=1S/C19H32N2S/c1-6-7-8-17-9-11-18(12-10-17)20-19(22)21(13-15(2)3)14-16(4)5/h9-12,15-16H,6-8,13-14H2,1-5H3,(H,20,22). The van der Waals surface area contributed by atoms with Crippen LogP contribution in [0.5, 0.6) is 0 Å². The normalized spacial score (nSPS) is 11.0. The summed E-state index contributed by atoms with van der Waals surface area (Å²) in [5, 5.41) is 4.23. The van der Waals surface area contributed by atoms with E-state index in [2.05, 4.69) is 69.1 Å². The highest BCUT2D eigenvalue weighted by molar-refractivity contribution is 7.80. The smallest absolute Gasteiger partial charge is 0.173 e. The lowest BCUT2D eigenvalue weighted by Gasteiger charge is -2.29. The molecule has 0 aromatic heterocycles. The summed E-state index contributed by atoms with van der Waals surface area (Å²) >= 11 is 5.61. The average Bonchev–Trinajstić information content (AvgIpc) is 2.45. The Bertz CT molecular complexity index is 427. The van der Waals surface area contributed by atoms with Crippen molar-refractivity contribution in [3.63, 3.8) is 0 Å². The van der Waals surface area contributed by atoms with Crippen molar-refractivity contribution in [3.05, 3.63) is 29.8 Å². The van der Waals surface area contributed by atoms with Crippen molar-refractivity contribution in [1.82, 2.24) is 4.90 Å². The lowest BCUT2D eigenvalue weighted by atomic mass is 10.1. The first-order chi connectivity index (χ1) is 10.4. The van der Waals surface area contributed by atoms with Gasteiger partial charge in [0, 0.05) is 18.8 Å². The van der Waals surface area contributed by atoms with E-state index in [4.69, 9.17) is 12.2 Å².